The smallest absolute Gasteiger partial charge is 0.193 e. The number of likely N-dealkylation sites (N-methyl/N-ethyl adjacent to an activating group) is 1. The third-order valence-electron chi connectivity index (χ3n) is 4.97. The summed E-state index contributed by atoms with van der Waals surface area (Å²) in [6, 6.07) is 1.03. The van der Waals surface area contributed by atoms with Crippen LogP contribution < -0.4 is 5.32 Å². The molecule has 1 fully saturated rings. The molecule has 23 heavy (non-hydrogen) atoms. The van der Waals surface area contributed by atoms with Gasteiger partial charge < -0.3 is 19.7 Å². The molecule has 0 spiro atoms. The standard InChI is InChI=1S/C17H32N6/c1-14(2)21(5)10-8-20-17(18-4)22-9-6-15(3)16(12-22)23-11-7-19-13-23/h7,11,13-16H,6,8-10,12H2,1-5H3,(H,18,20). The van der Waals surface area contributed by atoms with Crippen LogP contribution in [0.4, 0.5) is 0 Å². The van der Waals surface area contributed by atoms with E-state index in [0.717, 1.165) is 32.1 Å². The Kier molecular flexibility index (Phi) is 6.45. The van der Waals surface area contributed by atoms with Crippen molar-refractivity contribution in [3.8, 4) is 0 Å². The molecule has 1 saturated heterocycles. The van der Waals surface area contributed by atoms with E-state index in [1.165, 1.54) is 6.42 Å². The number of likely N-dealkylation sites (tertiary alicyclic amines) is 1. The molecule has 6 heteroatoms. The highest BCUT2D eigenvalue weighted by Gasteiger charge is 2.28. The summed E-state index contributed by atoms with van der Waals surface area (Å²) in [6.45, 7) is 10.8. The number of aliphatic imine (C=N–C) groups is 1. The molecule has 0 radical (unpaired) electrons. The second-order valence-electron chi connectivity index (χ2n) is 6.84. The summed E-state index contributed by atoms with van der Waals surface area (Å²) < 4.78 is 2.23. The molecule has 2 atom stereocenters. The zero-order valence-electron chi connectivity index (χ0n) is 15.2. The fourth-order valence-corrected chi connectivity index (χ4v) is 3.03. The lowest BCUT2D eigenvalue weighted by molar-refractivity contribution is 0.188. The topological polar surface area (TPSA) is 48.7 Å². The molecule has 1 N–H and O–H groups in total. The molecule has 2 rings (SSSR count). The van der Waals surface area contributed by atoms with E-state index < -0.39 is 0 Å². The summed E-state index contributed by atoms with van der Waals surface area (Å²) in [7, 11) is 4.03. The number of nitrogens with one attached hydrogen (secondary N) is 1. The first kappa shape index (κ1) is 17.8. The molecule has 0 amide bonds. The Labute approximate surface area is 140 Å². The molecule has 130 valence electrons. The highest BCUT2D eigenvalue weighted by molar-refractivity contribution is 5.80. The van der Waals surface area contributed by atoms with Crippen LogP contribution in [0, 0.1) is 5.92 Å². The molecule has 2 unspecified atom stereocenters. The van der Waals surface area contributed by atoms with Gasteiger partial charge in [-0.05, 0) is 33.2 Å². The lowest BCUT2D eigenvalue weighted by atomic mass is 9.93. The van der Waals surface area contributed by atoms with Crippen molar-refractivity contribution in [3.05, 3.63) is 18.7 Å². The predicted octanol–water partition coefficient (Wildman–Crippen LogP) is 1.68. The van der Waals surface area contributed by atoms with Crippen LogP contribution in [0.5, 0.6) is 0 Å². The van der Waals surface area contributed by atoms with E-state index in [1.807, 2.05) is 19.6 Å². The lowest BCUT2D eigenvalue weighted by Gasteiger charge is -2.39. The first-order chi connectivity index (χ1) is 11.0. The van der Waals surface area contributed by atoms with Crippen molar-refractivity contribution in [1.82, 2.24) is 24.7 Å². The summed E-state index contributed by atoms with van der Waals surface area (Å²) in [5.74, 6) is 1.67. The van der Waals surface area contributed by atoms with Gasteiger partial charge in [0.2, 0.25) is 0 Å². The third-order valence-corrected chi connectivity index (χ3v) is 4.97. The van der Waals surface area contributed by atoms with Crippen LogP contribution in [0.3, 0.4) is 0 Å². The highest BCUT2D eigenvalue weighted by atomic mass is 15.3. The van der Waals surface area contributed by atoms with Crippen molar-refractivity contribution in [2.45, 2.75) is 39.3 Å². The van der Waals surface area contributed by atoms with Crippen molar-refractivity contribution in [2.24, 2.45) is 10.9 Å². The van der Waals surface area contributed by atoms with Gasteiger partial charge in [-0.3, -0.25) is 4.99 Å². The Morgan fingerprint density at radius 1 is 1.48 bits per heavy atom. The number of hydrogen-bond acceptors (Lipinski definition) is 3. The minimum atomic E-state index is 0.461. The van der Waals surface area contributed by atoms with E-state index in [2.05, 4.69) is 63.7 Å². The van der Waals surface area contributed by atoms with E-state index >= 15 is 0 Å². The SMILES string of the molecule is CN=C(NCCN(C)C(C)C)N1CCC(C)C(n2ccnc2)C1. The molecule has 0 aromatic carbocycles. The number of hydrogen-bond donors (Lipinski definition) is 1. The van der Waals surface area contributed by atoms with Crippen LogP contribution in [-0.4, -0.2) is 71.6 Å². The van der Waals surface area contributed by atoms with Gasteiger partial charge in [0, 0.05) is 51.7 Å². The van der Waals surface area contributed by atoms with Gasteiger partial charge in [0.15, 0.2) is 5.96 Å². The Morgan fingerprint density at radius 3 is 2.87 bits per heavy atom. The van der Waals surface area contributed by atoms with Gasteiger partial charge in [0.1, 0.15) is 0 Å². The van der Waals surface area contributed by atoms with Gasteiger partial charge in [-0.25, -0.2) is 4.98 Å². The maximum absolute atomic E-state index is 4.48. The quantitative estimate of drug-likeness (QED) is 0.662. The first-order valence-electron chi connectivity index (χ1n) is 8.66. The number of aromatic nitrogens is 2. The van der Waals surface area contributed by atoms with Crippen LogP contribution in [-0.2, 0) is 0 Å². The molecule has 1 aliphatic rings. The molecule has 1 aliphatic heterocycles. The Balaban J connectivity index is 1.91. The van der Waals surface area contributed by atoms with Gasteiger partial charge in [-0.15, -0.1) is 0 Å². The van der Waals surface area contributed by atoms with Crippen molar-refractivity contribution in [3.63, 3.8) is 0 Å². The highest BCUT2D eigenvalue weighted by Crippen LogP contribution is 2.27. The largest absolute Gasteiger partial charge is 0.355 e. The van der Waals surface area contributed by atoms with E-state index in [1.54, 1.807) is 0 Å². The molecular formula is C17H32N6. The summed E-state index contributed by atoms with van der Waals surface area (Å²) in [4.78, 5) is 13.4. The monoisotopic (exact) mass is 320 g/mol. The van der Waals surface area contributed by atoms with Gasteiger partial charge in [-0.1, -0.05) is 6.92 Å². The molecule has 2 heterocycles. The lowest BCUT2D eigenvalue weighted by Crippen LogP contribution is -2.50. The molecule has 0 saturated carbocycles. The van der Waals surface area contributed by atoms with Crippen LogP contribution in [0.2, 0.25) is 0 Å². The predicted molar refractivity (Wildman–Crippen MR) is 95.7 cm³/mol. The maximum atomic E-state index is 4.48. The average molecular weight is 320 g/mol. The van der Waals surface area contributed by atoms with E-state index in [0.29, 0.717) is 18.0 Å². The Morgan fingerprint density at radius 2 is 2.26 bits per heavy atom. The average Bonchev–Trinajstić information content (AvgIpc) is 3.06. The van der Waals surface area contributed by atoms with Crippen LogP contribution in [0.25, 0.3) is 0 Å². The molecule has 0 aliphatic carbocycles. The summed E-state index contributed by atoms with van der Waals surface area (Å²) in [5, 5.41) is 3.51. The summed E-state index contributed by atoms with van der Waals surface area (Å²) >= 11 is 0. The van der Waals surface area contributed by atoms with Crippen molar-refractivity contribution in [1.29, 1.82) is 0 Å². The van der Waals surface area contributed by atoms with Crippen LogP contribution in [0.15, 0.2) is 23.7 Å². The van der Waals surface area contributed by atoms with Gasteiger partial charge in [-0.2, -0.15) is 0 Å². The molecule has 1 aromatic rings. The molecule has 6 nitrogen and oxygen atoms in total. The van der Waals surface area contributed by atoms with E-state index in [4.69, 9.17) is 0 Å². The third kappa shape index (κ3) is 4.70. The maximum Gasteiger partial charge on any atom is 0.193 e. The van der Waals surface area contributed by atoms with Gasteiger partial charge in [0.25, 0.3) is 0 Å². The number of piperidine rings is 1. The second kappa shape index (κ2) is 8.34. The Hall–Kier alpha value is -1.56. The Bertz CT molecular complexity index is 481. The van der Waals surface area contributed by atoms with Crippen molar-refractivity contribution >= 4 is 5.96 Å². The normalized spacial score (nSPS) is 22.9. The molecule has 1 aromatic heterocycles. The summed E-state index contributed by atoms with van der Waals surface area (Å²) in [5.41, 5.74) is 0. The zero-order chi connectivity index (χ0) is 16.8. The number of nitrogens with zero attached hydrogens (tertiary/aromatic N) is 5. The van der Waals surface area contributed by atoms with Crippen LogP contribution in [0.1, 0.15) is 33.2 Å². The number of guanidine groups is 1. The molecular weight excluding hydrogens is 288 g/mol. The second-order valence-corrected chi connectivity index (χ2v) is 6.84. The number of imidazole rings is 1. The van der Waals surface area contributed by atoms with Gasteiger partial charge in [0.05, 0.1) is 12.4 Å². The fourth-order valence-electron chi connectivity index (χ4n) is 3.03. The van der Waals surface area contributed by atoms with Gasteiger partial charge >= 0.3 is 0 Å². The van der Waals surface area contributed by atoms with E-state index in [-0.39, 0.29) is 0 Å². The molecule has 0 bridgehead atoms. The fraction of sp³-hybridized carbons (Fsp3) is 0.765. The minimum absolute atomic E-state index is 0.461. The van der Waals surface area contributed by atoms with E-state index in [9.17, 15) is 0 Å². The minimum Gasteiger partial charge on any atom is -0.355 e. The number of rotatable bonds is 5. The zero-order valence-corrected chi connectivity index (χ0v) is 15.2. The van der Waals surface area contributed by atoms with Crippen LogP contribution >= 0.6 is 0 Å². The van der Waals surface area contributed by atoms with Crippen molar-refractivity contribution < 1.29 is 0 Å². The van der Waals surface area contributed by atoms with Crippen molar-refractivity contribution in [2.75, 3.05) is 40.3 Å². The first-order valence-corrected chi connectivity index (χ1v) is 8.66. The summed E-state index contributed by atoms with van der Waals surface area (Å²) in [6.07, 6.45) is 7.03.